The highest BCUT2D eigenvalue weighted by molar-refractivity contribution is 5.95. The lowest BCUT2D eigenvalue weighted by atomic mass is 9.96. The molecule has 0 spiro atoms. The van der Waals surface area contributed by atoms with E-state index in [0.717, 1.165) is 0 Å². The molecule has 1 fully saturated rings. The maximum absolute atomic E-state index is 11.5. The Morgan fingerprint density at radius 3 is 2.93 bits per heavy atom. The predicted octanol–water partition coefficient (Wildman–Crippen LogP) is 1.32. The number of azide groups is 1. The van der Waals surface area contributed by atoms with E-state index in [9.17, 15) is 4.79 Å². The summed E-state index contributed by atoms with van der Waals surface area (Å²) in [5, 5.41) is 3.56. The third-order valence-corrected chi connectivity index (χ3v) is 2.39. The summed E-state index contributed by atoms with van der Waals surface area (Å²) < 4.78 is 11.0. The molecule has 1 heterocycles. The van der Waals surface area contributed by atoms with Gasteiger partial charge in [-0.1, -0.05) is 11.2 Å². The van der Waals surface area contributed by atoms with Gasteiger partial charge in [0.15, 0.2) is 11.6 Å². The number of ether oxygens (including phenoxy) is 2. The molecule has 6 heteroatoms. The molecule has 2 rings (SSSR count). The van der Waals surface area contributed by atoms with Crippen LogP contribution in [0.4, 0.5) is 0 Å². The van der Waals surface area contributed by atoms with E-state index in [4.69, 9.17) is 15.0 Å². The van der Waals surface area contributed by atoms with E-state index in [1.54, 1.807) is 19.9 Å². The number of fused-ring (bicyclic) bond motifs is 1. The Bertz CT molecular complexity index is 371. The first-order chi connectivity index (χ1) is 7.03. The summed E-state index contributed by atoms with van der Waals surface area (Å²) in [6.07, 6.45) is 1.77. The van der Waals surface area contributed by atoms with E-state index in [1.807, 2.05) is 0 Å². The van der Waals surface area contributed by atoms with Crippen LogP contribution >= 0.6 is 0 Å². The molecular formula is C9H11N3O3. The summed E-state index contributed by atoms with van der Waals surface area (Å²) in [7, 11) is 0. The van der Waals surface area contributed by atoms with Crippen molar-refractivity contribution < 1.29 is 14.3 Å². The monoisotopic (exact) mass is 209 g/mol. The Kier molecular flexibility index (Phi) is 2.26. The van der Waals surface area contributed by atoms with Gasteiger partial charge in [-0.25, -0.2) is 0 Å². The van der Waals surface area contributed by atoms with Crippen molar-refractivity contribution in [1.29, 1.82) is 0 Å². The van der Waals surface area contributed by atoms with Crippen LogP contribution < -0.4 is 0 Å². The molecule has 0 unspecified atom stereocenters. The summed E-state index contributed by atoms with van der Waals surface area (Å²) in [5.41, 5.74) is 8.38. The van der Waals surface area contributed by atoms with Gasteiger partial charge in [-0.05, 0) is 25.5 Å². The van der Waals surface area contributed by atoms with Crippen molar-refractivity contribution in [3.05, 3.63) is 22.6 Å². The molecule has 1 saturated heterocycles. The molecule has 80 valence electrons. The highest BCUT2D eigenvalue weighted by Crippen LogP contribution is 2.34. The standard InChI is InChI=1S/C9H11N3O3/c1-9(2)14-7-5(11-12-10)3-4-6(13)8(7)15-9/h3-5,7-8H,1-2H3/t5-,7-,8+/m0/s1. The first kappa shape index (κ1) is 10.2. The Hall–Kier alpha value is -1.36. The highest BCUT2D eigenvalue weighted by atomic mass is 16.8. The van der Waals surface area contributed by atoms with Crippen LogP contribution in [0, 0.1) is 0 Å². The van der Waals surface area contributed by atoms with Crippen molar-refractivity contribution >= 4 is 5.78 Å². The second kappa shape index (κ2) is 3.34. The number of carbonyl (C=O) groups excluding carboxylic acids is 1. The van der Waals surface area contributed by atoms with Crippen molar-refractivity contribution in [3.8, 4) is 0 Å². The molecule has 0 amide bonds. The average Bonchev–Trinajstić information content (AvgIpc) is 2.47. The molecule has 3 atom stereocenters. The quantitative estimate of drug-likeness (QED) is 0.371. The fraction of sp³-hybridized carbons (Fsp3) is 0.667. The third-order valence-electron chi connectivity index (χ3n) is 2.39. The van der Waals surface area contributed by atoms with Crippen molar-refractivity contribution in [3.63, 3.8) is 0 Å². The van der Waals surface area contributed by atoms with E-state index >= 15 is 0 Å². The molecule has 1 aliphatic carbocycles. The first-order valence-corrected chi connectivity index (χ1v) is 4.65. The zero-order valence-electron chi connectivity index (χ0n) is 8.45. The summed E-state index contributed by atoms with van der Waals surface area (Å²) in [5.74, 6) is -0.949. The molecule has 2 aliphatic rings. The number of nitrogens with zero attached hydrogens (tertiary/aromatic N) is 3. The minimum Gasteiger partial charge on any atom is -0.343 e. The van der Waals surface area contributed by atoms with Crippen molar-refractivity contribution in [2.45, 2.75) is 37.9 Å². The molecule has 0 saturated carbocycles. The number of rotatable bonds is 1. The fourth-order valence-electron chi connectivity index (χ4n) is 1.82. The molecule has 0 aromatic carbocycles. The van der Waals surface area contributed by atoms with Gasteiger partial charge in [0.05, 0.1) is 6.04 Å². The van der Waals surface area contributed by atoms with Gasteiger partial charge in [0.2, 0.25) is 0 Å². The molecule has 0 N–H and O–H groups in total. The average molecular weight is 209 g/mol. The van der Waals surface area contributed by atoms with Crippen LogP contribution in [0.1, 0.15) is 13.8 Å². The zero-order chi connectivity index (χ0) is 11.1. The Labute approximate surface area is 86.5 Å². The molecule has 1 aliphatic heterocycles. The number of hydrogen-bond donors (Lipinski definition) is 0. The summed E-state index contributed by atoms with van der Waals surface area (Å²) in [6.45, 7) is 3.46. The third kappa shape index (κ3) is 1.74. The van der Waals surface area contributed by atoms with Crippen molar-refractivity contribution in [2.24, 2.45) is 5.11 Å². The van der Waals surface area contributed by atoms with E-state index in [-0.39, 0.29) is 5.78 Å². The van der Waals surface area contributed by atoms with E-state index in [1.165, 1.54) is 6.08 Å². The normalized spacial score (nSPS) is 37.2. The maximum Gasteiger partial charge on any atom is 0.186 e. The molecule has 6 nitrogen and oxygen atoms in total. The molecule has 0 bridgehead atoms. The van der Waals surface area contributed by atoms with Gasteiger partial charge >= 0.3 is 0 Å². The second-order valence-electron chi connectivity index (χ2n) is 3.98. The van der Waals surface area contributed by atoms with E-state index < -0.39 is 24.0 Å². The van der Waals surface area contributed by atoms with Crippen LogP contribution in [0.3, 0.4) is 0 Å². The van der Waals surface area contributed by atoms with Gasteiger partial charge in [-0.3, -0.25) is 4.79 Å². The Morgan fingerprint density at radius 1 is 1.53 bits per heavy atom. The topological polar surface area (TPSA) is 84.3 Å². The van der Waals surface area contributed by atoms with Gasteiger partial charge in [0.25, 0.3) is 0 Å². The molecule has 0 radical (unpaired) electrons. The van der Waals surface area contributed by atoms with Crippen LogP contribution in [0.15, 0.2) is 17.3 Å². The van der Waals surface area contributed by atoms with Gasteiger partial charge in [0.1, 0.15) is 12.2 Å². The number of carbonyl (C=O) groups is 1. The molecule has 0 aromatic rings. The number of hydrogen-bond acceptors (Lipinski definition) is 4. The van der Waals surface area contributed by atoms with Crippen molar-refractivity contribution in [2.75, 3.05) is 0 Å². The first-order valence-electron chi connectivity index (χ1n) is 4.65. The zero-order valence-corrected chi connectivity index (χ0v) is 8.45. The predicted molar refractivity (Wildman–Crippen MR) is 50.9 cm³/mol. The van der Waals surface area contributed by atoms with E-state index in [2.05, 4.69) is 10.0 Å². The SMILES string of the molecule is CC1(C)O[C@H]2[C@@H](N=[N+]=[N-])C=CC(=O)[C@H]2O1. The minimum absolute atomic E-state index is 0.144. The summed E-state index contributed by atoms with van der Waals surface area (Å²) in [4.78, 5) is 14.2. The van der Waals surface area contributed by atoms with Gasteiger partial charge in [0, 0.05) is 4.91 Å². The van der Waals surface area contributed by atoms with Gasteiger partial charge < -0.3 is 9.47 Å². The van der Waals surface area contributed by atoms with Crippen LogP contribution in [-0.4, -0.2) is 29.8 Å². The van der Waals surface area contributed by atoms with Crippen molar-refractivity contribution in [1.82, 2.24) is 0 Å². The largest absolute Gasteiger partial charge is 0.343 e. The Morgan fingerprint density at radius 2 is 2.27 bits per heavy atom. The van der Waals surface area contributed by atoms with Crippen LogP contribution in [0.5, 0.6) is 0 Å². The number of ketones is 1. The van der Waals surface area contributed by atoms with Gasteiger partial charge in [-0.15, -0.1) is 0 Å². The lowest BCUT2D eigenvalue weighted by molar-refractivity contribution is -0.152. The lowest BCUT2D eigenvalue weighted by Gasteiger charge is -2.22. The van der Waals surface area contributed by atoms with Crippen LogP contribution in [0.25, 0.3) is 10.4 Å². The molecular weight excluding hydrogens is 198 g/mol. The smallest absolute Gasteiger partial charge is 0.186 e. The fourth-order valence-corrected chi connectivity index (χ4v) is 1.82. The summed E-state index contributed by atoms with van der Waals surface area (Å²) >= 11 is 0. The maximum atomic E-state index is 11.5. The van der Waals surface area contributed by atoms with E-state index in [0.29, 0.717) is 0 Å². The minimum atomic E-state index is -0.805. The van der Waals surface area contributed by atoms with Crippen LogP contribution in [-0.2, 0) is 14.3 Å². The highest BCUT2D eigenvalue weighted by Gasteiger charge is 2.48. The lowest BCUT2D eigenvalue weighted by Crippen LogP contribution is -2.40. The molecule has 15 heavy (non-hydrogen) atoms. The second-order valence-corrected chi connectivity index (χ2v) is 3.98. The molecule has 0 aromatic heterocycles. The van der Waals surface area contributed by atoms with Gasteiger partial charge in [-0.2, -0.15) is 0 Å². The van der Waals surface area contributed by atoms with Crippen LogP contribution in [0.2, 0.25) is 0 Å². The summed E-state index contributed by atoms with van der Waals surface area (Å²) in [6, 6.07) is -0.473. The Balaban J connectivity index is 2.30.